The van der Waals surface area contributed by atoms with Gasteiger partial charge in [-0.2, -0.15) is 0 Å². The molecule has 0 fully saturated rings. The van der Waals surface area contributed by atoms with E-state index in [0.29, 0.717) is 0 Å². The molecule has 0 spiro atoms. The van der Waals surface area contributed by atoms with Gasteiger partial charge in [-0.05, 0) is 0 Å². The van der Waals surface area contributed by atoms with Crippen LogP contribution in [-0.2, 0) is 0 Å². The molecular formula is C6H12O4. The van der Waals surface area contributed by atoms with Crippen LogP contribution in [0.5, 0.6) is 0 Å². The largest absolute Gasteiger partial charge is 0.481 e. The molecule has 10 heavy (non-hydrogen) atoms. The molecule has 0 aromatic rings. The molecule has 0 aromatic heterocycles. The Hall–Kier alpha value is -1.00. The third-order valence-electron chi connectivity index (χ3n) is 0.367. The SMILES string of the molecule is C=CC=C(O)O.OCCO. The van der Waals surface area contributed by atoms with Gasteiger partial charge in [0.25, 0.3) is 5.95 Å². The van der Waals surface area contributed by atoms with E-state index in [1.54, 1.807) is 0 Å². The fraction of sp³-hybridized carbons (Fsp3) is 0.333. The molecule has 0 rings (SSSR count). The predicted octanol–water partition coefficient (Wildman–Crippen LogP) is 0.101. The van der Waals surface area contributed by atoms with Gasteiger partial charge in [0.1, 0.15) is 0 Å². The van der Waals surface area contributed by atoms with Crippen molar-refractivity contribution in [2.75, 3.05) is 13.2 Å². The van der Waals surface area contributed by atoms with Crippen molar-refractivity contribution in [3.05, 3.63) is 24.7 Å². The molecule has 0 saturated carbocycles. The van der Waals surface area contributed by atoms with E-state index in [-0.39, 0.29) is 13.2 Å². The molecule has 4 nitrogen and oxygen atoms in total. The lowest BCUT2D eigenvalue weighted by molar-refractivity contribution is 0.186. The van der Waals surface area contributed by atoms with Crippen molar-refractivity contribution in [1.29, 1.82) is 0 Å². The van der Waals surface area contributed by atoms with E-state index in [0.717, 1.165) is 6.08 Å². The Balaban J connectivity index is 0. The highest BCUT2D eigenvalue weighted by molar-refractivity contribution is 4.95. The van der Waals surface area contributed by atoms with Crippen molar-refractivity contribution in [2.45, 2.75) is 0 Å². The molecular weight excluding hydrogens is 136 g/mol. The predicted molar refractivity (Wildman–Crippen MR) is 37.7 cm³/mol. The highest BCUT2D eigenvalue weighted by Crippen LogP contribution is 1.75. The minimum Gasteiger partial charge on any atom is -0.481 e. The van der Waals surface area contributed by atoms with E-state index in [4.69, 9.17) is 20.4 Å². The Morgan fingerprint density at radius 3 is 1.60 bits per heavy atom. The molecule has 0 bridgehead atoms. The molecule has 0 aliphatic heterocycles. The van der Waals surface area contributed by atoms with Crippen molar-refractivity contribution in [2.24, 2.45) is 0 Å². The maximum Gasteiger partial charge on any atom is 0.274 e. The number of allylic oxidation sites excluding steroid dienone is 2. The quantitative estimate of drug-likeness (QED) is 0.331. The molecule has 0 atom stereocenters. The standard InChI is InChI=1S/C4H6O2.C2H6O2/c1-2-3-4(5)6;3-1-2-4/h2-3,5-6H,1H2;3-4H,1-2H2. The second-order valence-corrected chi connectivity index (χ2v) is 1.21. The van der Waals surface area contributed by atoms with Gasteiger partial charge in [-0.25, -0.2) is 0 Å². The van der Waals surface area contributed by atoms with Crippen LogP contribution in [0.25, 0.3) is 0 Å². The van der Waals surface area contributed by atoms with E-state index >= 15 is 0 Å². The van der Waals surface area contributed by atoms with E-state index in [2.05, 4.69) is 6.58 Å². The minimum atomic E-state index is -0.704. The van der Waals surface area contributed by atoms with Crippen molar-refractivity contribution in [1.82, 2.24) is 0 Å². The maximum absolute atomic E-state index is 7.90. The first-order valence-electron chi connectivity index (χ1n) is 2.61. The molecule has 0 amide bonds. The van der Waals surface area contributed by atoms with Crippen LogP contribution in [0.3, 0.4) is 0 Å². The van der Waals surface area contributed by atoms with Crippen LogP contribution in [-0.4, -0.2) is 33.6 Å². The van der Waals surface area contributed by atoms with Crippen molar-refractivity contribution in [3.8, 4) is 0 Å². The molecule has 0 heterocycles. The summed E-state index contributed by atoms with van der Waals surface area (Å²) in [5, 5.41) is 31.0. The minimum absolute atomic E-state index is 0.125. The Morgan fingerprint density at radius 2 is 1.60 bits per heavy atom. The van der Waals surface area contributed by atoms with Gasteiger partial charge in [-0.3, -0.25) is 0 Å². The first-order chi connectivity index (χ1) is 4.68. The highest BCUT2D eigenvalue weighted by Gasteiger charge is 1.70. The summed E-state index contributed by atoms with van der Waals surface area (Å²) in [7, 11) is 0. The average molecular weight is 148 g/mol. The number of aliphatic hydroxyl groups excluding tert-OH is 3. The summed E-state index contributed by atoms with van der Waals surface area (Å²) < 4.78 is 0. The summed E-state index contributed by atoms with van der Waals surface area (Å²) in [6, 6.07) is 0. The zero-order valence-corrected chi connectivity index (χ0v) is 5.56. The molecule has 0 saturated heterocycles. The molecule has 60 valence electrons. The van der Waals surface area contributed by atoms with Crippen molar-refractivity contribution in [3.63, 3.8) is 0 Å². The number of hydrogen-bond acceptors (Lipinski definition) is 4. The van der Waals surface area contributed by atoms with E-state index < -0.39 is 5.95 Å². The van der Waals surface area contributed by atoms with Gasteiger partial charge in [0.15, 0.2) is 0 Å². The smallest absolute Gasteiger partial charge is 0.274 e. The molecule has 0 aromatic carbocycles. The van der Waals surface area contributed by atoms with Gasteiger partial charge >= 0.3 is 0 Å². The first kappa shape index (κ1) is 11.8. The summed E-state index contributed by atoms with van der Waals surface area (Å²) >= 11 is 0. The average Bonchev–Trinajstić information content (AvgIpc) is 1.89. The lowest BCUT2D eigenvalue weighted by Gasteiger charge is -1.76. The first-order valence-corrected chi connectivity index (χ1v) is 2.61. The van der Waals surface area contributed by atoms with Gasteiger partial charge in [-0.15, -0.1) is 0 Å². The number of rotatable bonds is 2. The van der Waals surface area contributed by atoms with E-state index in [9.17, 15) is 0 Å². The summed E-state index contributed by atoms with van der Waals surface area (Å²) in [4.78, 5) is 0. The summed E-state index contributed by atoms with van der Waals surface area (Å²) in [6.45, 7) is 2.95. The molecule has 0 unspecified atom stereocenters. The molecule has 0 aliphatic carbocycles. The summed E-state index contributed by atoms with van der Waals surface area (Å²) in [5.41, 5.74) is 0. The maximum atomic E-state index is 7.90. The second kappa shape index (κ2) is 10.9. The summed E-state index contributed by atoms with van der Waals surface area (Å²) in [6.07, 6.45) is 2.37. The van der Waals surface area contributed by atoms with E-state index in [1.807, 2.05) is 0 Å². The fourth-order valence-electron chi connectivity index (χ4n) is 0.105. The van der Waals surface area contributed by atoms with Crippen LogP contribution in [0.15, 0.2) is 24.7 Å². The molecule has 0 aliphatic rings. The summed E-state index contributed by atoms with van der Waals surface area (Å²) in [5.74, 6) is -0.704. The van der Waals surface area contributed by atoms with Gasteiger partial charge in [-0.1, -0.05) is 12.7 Å². The lowest BCUT2D eigenvalue weighted by atomic mass is 10.6. The van der Waals surface area contributed by atoms with E-state index in [1.165, 1.54) is 6.08 Å². The van der Waals surface area contributed by atoms with Crippen LogP contribution < -0.4 is 0 Å². The van der Waals surface area contributed by atoms with Gasteiger partial charge in [0.2, 0.25) is 0 Å². The topological polar surface area (TPSA) is 80.9 Å². The Bertz CT molecular complexity index is 91.9. The lowest BCUT2D eigenvalue weighted by Crippen LogP contribution is -1.85. The molecule has 4 heteroatoms. The fourth-order valence-corrected chi connectivity index (χ4v) is 0.105. The van der Waals surface area contributed by atoms with Crippen LogP contribution >= 0.6 is 0 Å². The van der Waals surface area contributed by atoms with Crippen LogP contribution in [0.2, 0.25) is 0 Å². The Morgan fingerprint density at radius 1 is 1.20 bits per heavy atom. The zero-order chi connectivity index (χ0) is 8.41. The van der Waals surface area contributed by atoms with Crippen molar-refractivity contribution >= 4 is 0 Å². The van der Waals surface area contributed by atoms with Crippen LogP contribution in [0.1, 0.15) is 0 Å². The Labute approximate surface area is 59.4 Å². The third-order valence-corrected chi connectivity index (χ3v) is 0.367. The zero-order valence-electron chi connectivity index (χ0n) is 5.56. The highest BCUT2D eigenvalue weighted by atomic mass is 16.5. The van der Waals surface area contributed by atoms with Gasteiger partial charge in [0, 0.05) is 6.08 Å². The van der Waals surface area contributed by atoms with Gasteiger partial charge in [0.05, 0.1) is 13.2 Å². The van der Waals surface area contributed by atoms with Crippen molar-refractivity contribution < 1.29 is 20.4 Å². The monoisotopic (exact) mass is 148 g/mol. The number of aliphatic hydroxyl groups is 4. The number of hydrogen-bond donors (Lipinski definition) is 4. The second-order valence-electron chi connectivity index (χ2n) is 1.21. The Kier molecular flexibility index (Phi) is 12.8. The van der Waals surface area contributed by atoms with Crippen LogP contribution in [0.4, 0.5) is 0 Å². The van der Waals surface area contributed by atoms with Gasteiger partial charge < -0.3 is 20.4 Å². The van der Waals surface area contributed by atoms with Crippen LogP contribution in [0, 0.1) is 0 Å². The molecule has 4 N–H and O–H groups in total. The third kappa shape index (κ3) is 28.0. The normalized spacial score (nSPS) is 7.00. The molecule has 0 radical (unpaired) electrons.